The number of hydrogen-bond acceptors (Lipinski definition) is 7. The predicted molar refractivity (Wildman–Crippen MR) is 161 cm³/mol. The van der Waals surface area contributed by atoms with Crippen molar-refractivity contribution in [2.75, 3.05) is 10.3 Å². The Balaban J connectivity index is 1.32. The SMILES string of the molecule is O=C1[C@H]2C3c4ccccc4C(/C=N\Nc4nc5ccccc5[nH]4)(c4ccccc43)[C@H]2C(=O)N1c1ccc(Cl)cc1[N+](=O)[O-]. The number of imidazole rings is 1. The summed E-state index contributed by atoms with van der Waals surface area (Å²) in [7, 11) is 0. The Morgan fingerprint density at radius 2 is 1.63 bits per heavy atom. The fourth-order valence-corrected chi connectivity index (χ4v) is 7.49. The van der Waals surface area contributed by atoms with Crippen LogP contribution in [0.4, 0.5) is 17.3 Å². The Morgan fingerprint density at radius 3 is 2.33 bits per heavy atom. The molecule has 1 saturated heterocycles. The van der Waals surface area contributed by atoms with Crippen molar-refractivity contribution in [1.29, 1.82) is 0 Å². The van der Waals surface area contributed by atoms with Gasteiger partial charge in [0.15, 0.2) is 0 Å². The Kier molecular flexibility index (Phi) is 5.35. The molecule has 5 aromatic rings. The molecule has 4 aliphatic rings. The van der Waals surface area contributed by atoms with Crippen molar-refractivity contribution < 1.29 is 14.5 Å². The minimum absolute atomic E-state index is 0.0983. The number of H-pyrrole nitrogens is 1. The number of para-hydroxylation sites is 2. The van der Waals surface area contributed by atoms with Crippen LogP contribution in [-0.2, 0) is 15.0 Å². The molecule has 10 nitrogen and oxygen atoms in total. The van der Waals surface area contributed by atoms with Crippen molar-refractivity contribution in [2.24, 2.45) is 16.9 Å². The van der Waals surface area contributed by atoms with Crippen LogP contribution in [0.1, 0.15) is 28.2 Å². The maximum Gasteiger partial charge on any atom is 0.294 e. The highest BCUT2D eigenvalue weighted by molar-refractivity contribution is 6.31. The van der Waals surface area contributed by atoms with E-state index in [2.05, 4.69) is 20.5 Å². The number of benzene rings is 4. The van der Waals surface area contributed by atoms with Gasteiger partial charge in [0.2, 0.25) is 17.8 Å². The number of carbonyl (C=O) groups excluding carboxylic acids is 2. The smallest absolute Gasteiger partial charge is 0.294 e. The van der Waals surface area contributed by atoms with Crippen molar-refractivity contribution in [3.05, 3.63) is 128 Å². The molecule has 9 rings (SSSR count). The van der Waals surface area contributed by atoms with Gasteiger partial charge in [-0.15, -0.1) is 0 Å². The van der Waals surface area contributed by atoms with Gasteiger partial charge in [0.1, 0.15) is 5.69 Å². The Labute approximate surface area is 249 Å². The summed E-state index contributed by atoms with van der Waals surface area (Å²) in [6.07, 6.45) is 1.69. The third-order valence-electron chi connectivity index (χ3n) is 8.89. The number of nitrogens with one attached hydrogen (secondary N) is 2. The molecule has 11 heteroatoms. The van der Waals surface area contributed by atoms with E-state index in [0.717, 1.165) is 44.3 Å². The lowest BCUT2D eigenvalue weighted by atomic mass is 9.47. The minimum Gasteiger partial charge on any atom is -0.323 e. The Hall–Kier alpha value is -5.35. The van der Waals surface area contributed by atoms with Gasteiger partial charge >= 0.3 is 0 Å². The number of nitro benzene ring substituents is 1. The summed E-state index contributed by atoms with van der Waals surface area (Å²) in [5.41, 5.74) is 6.51. The summed E-state index contributed by atoms with van der Waals surface area (Å²) >= 11 is 6.07. The number of aromatic nitrogens is 2. The molecular formula is C32H21ClN6O4. The van der Waals surface area contributed by atoms with Gasteiger partial charge in [0.25, 0.3) is 5.69 Å². The maximum atomic E-state index is 14.5. The molecule has 2 N–H and O–H groups in total. The first-order chi connectivity index (χ1) is 20.9. The number of amides is 2. The molecule has 2 bridgehead atoms. The molecule has 3 aliphatic carbocycles. The van der Waals surface area contributed by atoms with Gasteiger partial charge in [-0.1, -0.05) is 72.3 Å². The van der Waals surface area contributed by atoms with Crippen LogP contribution in [0.3, 0.4) is 0 Å². The number of imide groups is 1. The van der Waals surface area contributed by atoms with Crippen molar-refractivity contribution in [3.63, 3.8) is 0 Å². The maximum absolute atomic E-state index is 14.5. The van der Waals surface area contributed by atoms with E-state index in [1.807, 2.05) is 72.8 Å². The molecule has 210 valence electrons. The van der Waals surface area contributed by atoms with Crippen molar-refractivity contribution in [1.82, 2.24) is 9.97 Å². The van der Waals surface area contributed by atoms with Crippen LogP contribution in [0.2, 0.25) is 5.02 Å². The highest BCUT2D eigenvalue weighted by Gasteiger charge is 2.68. The van der Waals surface area contributed by atoms with Crippen LogP contribution in [0.5, 0.6) is 0 Å². The van der Waals surface area contributed by atoms with Gasteiger partial charge in [-0.2, -0.15) is 5.10 Å². The standard InChI is InChI=1S/C32H21ClN6O4/c33-17-13-14-24(25(15-17)39(42)43)38-29(40)27-26-18-7-1-3-9-20(18)32(28(27)30(38)41,21-10-4-2-8-19(21)26)16-34-37-31-35-22-11-5-6-12-23(22)36-31/h1-16,26-28H,(H2,35,36,37)/b34-16-/t26?,27-,28+,32?/m0/s1. The number of carbonyl (C=O) groups is 2. The van der Waals surface area contributed by atoms with Gasteiger partial charge in [-0.25, -0.2) is 15.3 Å². The molecule has 0 radical (unpaired) electrons. The summed E-state index contributed by atoms with van der Waals surface area (Å²) in [5, 5.41) is 16.8. The predicted octanol–water partition coefficient (Wildman–Crippen LogP) is 5.77. The highest BCUT2D eigenvalue weighted by atomic mass is 35.5. The number of fused-ring (bicyclic) bond motifs is 1. The summed E-state index contributed by atoms with van der Waals surface area (Å²) in [5.74, 6) is -2.70. The second kappa shape index (κ2) is 9.07. The molecule has 1 fully saturated rings. The zero-order valence-electron chi connectivity index (χ0n) is 22.3. The third kappa shape index (κ3) is 3.41. The first-order valence-corrected chi connectivity index (χ1v) is 14.0. The van der Waals surface area contributed by atoms with Crippen LogP contribution in [0.15, 0.2) is 96.1 Å². The van der Waals surface area contributed by atoms with Crippen molar-refractivity contribution >= 4 is 58.0 Å². The van der Waals surface area contributed by atoms with Crippen LogP contribution in [-0.4, -0.2) is 32.9 Å². The number of aromatic amines is 1. The number of halogens is 1. The number of hydrogen-bond donors (Lipinski definition) is 2. The van der Waals surface area contributed by atoms with Gasteiger partial charge in [-0.3, -0.25) is 19.7 Å². The quantitative estimate of drug-likeness (QED) is 0.116. The lowest BCUT2D eigenvalue weighted by Crippen LogP contribution is -2.54. The topological polar surface area (TPSA) is 134 Å². The van der Waals surface area contributed by atoms with Gasteiger partial charge < -0.3 is 4.98 Å². The molecule has 2 amide bonds. The molecule has 1 aliphatic heterocycles. The first kappa shape index (κ1) is 25.4. The number of rotatable bonds is 5. The molecule has 2 heterocycles. The number of hydrazone groups is 1. The number of nitro groups is 1. The van der Waals surface area contributed by atoms with E-state index >= 15 is 0 Å². The highest BCUT2D eigenvalue weighted by Crippen LogP contribution is 2.64. The van der Waals surface area contributed by atoms with E-state index < -0.39 is 45.6 Å². The normalized spacial score (nSPS) is 23.5. The largest absolute Gasteiger partial charge is 0.323 e. The summed E-state index contributed by atoms with van der Waals surface area (Å²) < 4.78 is 0. The molecule has 1 aromatic heterocycles. The summed E-state index contributed by atoms with van der Waals surface area (Å²) in [4.78, 5) is 48.9. The Bertz CT molecular complexity index is 1970. The lowest BCUT2D eigenvalue weighted by molar-refractivity contribution is -0.384. The monoisotopic (exact) mass is 588 g/mol. The molecule has 0 saturated carbocycles. The second-order valence-corrected chi connectivity index (χ2v) is 11.3. The zero-order valence-corrected chi connectivity index (χ0v) is 23.0. The van der Waals surface area contributed by atoms with Crippen LogP contribution >= 0.6 is 11.6 Å². The molecule has 0 spiro atoms. The van der Waals surface area contributed by atoms with E-state index in [-0.39, 0.29) is 10.7 Å². The fraction of sp³-hybridized carbons (Fsp3) is 0.125. The van der Waals surface area contributed by atoms with Gasteiger partial charge in [-0.05, 0) is 46.5 Å². The van der Waals surface area contributed by atoms with E-state index in [9.17, 15) is 19.7 Å². The first-order valence-electron chi connectivity index (χ1n) is 13.7. The molecule has 4 aromatic carbocycles. The zero-order chi connectivity index (χ0) is 29.5. The van der Waals surface area contributed by atoms with E-state index in [1.54, 1.807) is 6.21 Å². The minimum atomic E-state index is -1.14. The molecule has 0 unspecified atom stereocenters. The lowest BCUT2D eigenvalue weighted by Gasteiger charge is -2.52. The Morgan fingerprint density at radius 1 is 0.953 bits per heavy atom. The van der Waals surface area contributed by atoms with E-state index in [1.165, 1.54) is 12.1 Å². The van der Waals surface area contributed by atoms with Gasteiger partial charge in [0.05, 0.1) is 33.2 Å². The number of anilines is 2. The van der Waals surface area contributed by atoms with E-state index in [0.29, 0.717) is 5.95 Å². The van der Waals surface area contributed by atoms with Crippen LogP contribution < -0.4 is 10.3 Å². The fourth-order valence-electron chi connectivity index (χ4n) is 7.32. The van der Waals surface area contributed by atoms with Gasteiger partial charge in [0, 0.05) is 23.2 Å². The summed E-state index contributed by atoms with van der Waals surface area (Å²) in [6.45, 7) is 0. The third-order valence-corrected chi connectivity index (χ3v) is 9.12. The van der Waals surface area contributed by atoms with Crippen molar-refractivity contribution in [2.45, 2.75) is 11.3 Å². The second-order valence-electron chi connectivity index (χ2n) is 10.9. The van der Waals surface area contributed by atoms with Crippen LogP contribution in [0.25, 0.3) is 11.0 Å². The average Bonchev–Trinajstić information content (AvgIpc) is 3.55. The van der Waals surface area contributed by atoms with Crippen LogP contribution in [0, 0.1) is 22.0 Å². The van der Waals surface area contributed by atoms with Crippen molar-refractivity contribution in [3.8, 4) is 0 Å². The molecule has 2 atom stereocenters. The summed E-state index contributed by atoms with van der Waals surface area (Å²) in [6, 6.07) is 27.1. The number of nitrogens with zero attached hydrogens (tertiary/aromatic N) is 4. The van der Waals surface area contributed by atoms with E-state index in [4.69, 9.17) is 11.6 Å². The average molecular weight is 589 g/mol. The molecular weight excluding hydrogens is 568 g/mol. The molecule has 43 heavy (non-hydrogen) atoms.